The fourth-order valence-electron chi connectivity index (χ4n) is 4.96. The summed E-state index contributed by atoms with van der Waals surface area (Å²) in [6, 6.07) is 4.33. The fourth-order valence-corrected chi connectivity index (χ4v) is 4.96. The van der Waals surface area contributed by atoms with E-state index >= 15 is 0 Å². The molecule has 1 unspecified atom stereocenters. The van der Waals surface area contributed by atoms with Gasteiger partial charge in [-0.2, -0.15) is 0 Å². The van der Waals surface area contributed by atoms with Gasteiger partial charge in [-0.1, -0.05) is 0 Å². The zero-order chi connectivity index (χ0) is 23.4. The van der Waals surface area contributed by atoms with E-state index in [1.54, 1.807) is 54.3 Å². The fraction of sp³-hybridized carbons (Fsp3) is 0.455. The summed E-state index contributed by atoms with van der Waals surface area (Å²) in [5.41, 5.74) is -0.133. The van der Waals surface area contributed by atoms with Gasteiger partial charge in [0.2, 0.25) is 0 Å². The molecule has 5 rings (SSSR count). The molecule has 0 radical (unpaired) electrons. The Morgan fingerprint density at radius 3 is 2.73 bits per heavy atom. The summed E-state index contributed by atoms with van der Waals surface area (Å²) in [7, 11) is 3.32. The molecule has 0 spiro atoms. The number of phenolic OH excluding ortho intramolecular Hbond substituents is 1. The molecule has 4 atom stereocenters. The first-order valence-electron chi connectivity index (χ1n) is 10.6. The Balaban J connectivity index is 1.38. The highest BCUT2D eigenvalue weighted by Crippen LogP contribution is 2.48. The minimum atomic E-state index is -2.82. The molecule has 0 saturated carbocycles. The number of fused-ring (bicyclic) bond motifs is 2. The van der Waals surface area contributed by atoms with E-state index in [9.17, 15) is 13.9 Å². The standard InChI is InChI=1S/C22H25F2N7O2/c1-21-10-16(19(33-3)15(27-21)9-22(21,23)24)30(2)18-11-26-20(29-28-18)14-5-4-13(8-17(14)32)31-7-6-25-12-31/h4-8,11-12,15-16,19,27,32H,9-10H2,1-3H3/t15?,16-,19-,21+/m0/s1. The third-order valence-corrected chi connectivity index (χ3v) is 6.89. The minimum Gasteiger partial charge on any atom is -0.507 e. The predicted molar refractivity (Wildman–Crippen MR) is 117 cm³/mol. The number of hydrogen-bond acceptors (Lipinski definition) is 8. The molecule has 2 bridgehead atoms. The van der Waals surface area contributed by atoms with Crippen LogP contribution < -0.4 is 10.2 Å². The number of hydrogen-bond donors (Lipinski definition) is 2. The minimum absolute atomic E-state index is 0.00800. The maximum atomic E-state index is 14.6. The number of nitrogens with one attached hydrogen (secondary N) is 1. The number of benzene rings is 1. The quantitative estimate of drug-likeness (QED) is 0.603. The van der Waals surface area contributed by atoms with Crippen molar-refractivity contribution in [3.63, 3.8) is 0 Å². The number of likely N-dealkylation sites (N-methyl/N-ethyl adjacent to an activating group) is 1. The van der Waals surface area contributed by atoms with E-state index in [2.05, 4.69) is 25.5 Å². The number of aromatic nitrogens is 5. The smallest absolute Gasteiger partial charge is 0.267 e. The zero-order valence-corrected chi connectivity index (χ0v) is 18.5. The Morgan fingerprint density at radius 1 is 1.27 bits per heavy atom. The second kappa shape index (κ2) is 7.70. The van der Waals surface area contributed by atoms with Crippen LogP contribution in [-0.2, 0) is 4.74 Å². The number of piperidine rings is 1. The average molecular weight is 457 g/mol. The van der Waals surface area contributed by atoms with Gasteiger partial charge in [-0.25, -0.2) is 18.7 Å². The zero-order valence-electron chi connectivity index (χ0n) is 18.5. The van der Waals surface area contributed by atoms with Crippen LogP contribution >= 0.6 is 0 Å². The monoisotopic (exact) mass is 457 g/mol. The van der Waals surface area contributed by atoms with Crippen LogP contribution in [0.15, 0.2) is 43.1 Å². The van der Waals surface area contributed by atoms with Gasteiger partial charge in [0.1, 0.15) is 5.75 Å². The van der Waals surface area contributed by atoms with Crippen LogP contribution in [0.4, 0.5) is 14.6 Å². The van der Waals surface area contributed by atoms with Gasteiger partial charge in [0.15, 0.2) is 11.6 Å². The molecule has 0 amide bonds. The third-order valence-electron chi connectivity index (χ3n) is 6.89. The van der Waals surface area contributed by atoms with Crippen molar-refractivity contribution >= 4 is 5.82 Å². The van der Waals surface area contributed by atoms with E-state index in [0.29, 0.717) is 11.4 Å². The van der Waals surface area contributed by atoms with Crippen LogP contribution in [0.1, 0.15) is 19.8 Å². The maximum Gasteiger partial charge on any atom is 0.267 e. The summed E-state index contributed by atoms with van der Waals surface area (Å²) in [5.74, 6) is -2.12. The van der Waals surface area contributed by atoms with Gasteiger partial charge in [-0.05, 0) is 25.5 Å². The summed E-state index contributed by atoms with van der Waals surface area (Å²) in [4.78, 5) is 10.2. The summed E-state index contributed by atoms with van der Waals surface area (Å²) in [5, 5.41) is 22.0. The number of aromatic hydroxyl groups is 1. The van der Waals surface area contributed by atoms with Crippen molar-refractivity contribution in [3.05, 3.63) is 43.1 Å². The Kier molecular flexibility index (Phi) is 5.05. The van der Waals surface area contributed by atoms with Crippen molar-refractivity contribution in [2.24, 2.45) is 0 Å². The van der Waals surface area contributed by atoms with Crippen LogP contribution in [0.25, 0.3) is 17.1 Å². The summed E-state index contributed by atoms with van der Waals surface area (Å²) in [6.45, 7) is 1.56. The Labute approximate surface area is 189 Å². The SMILES string of the molecule is CO[C@H]1C2CC(F)(F)[C@@](C)(C[C@@H]1N(C)c1cnc(-c3ccc(-n4ccnc4)cc3O)nn1)N2. The number of rotatable bonds is 5. The molecule has 11 heteroatoms. The second-order valence-electron chi connectivity index (χ2n) is 8.89. The van der Waals surface area contributed by atoms with Gasteiger partial charge in [0.05, 0.1) is 41.5 Å². The highest BCUT2D eigenvalue weighted by atomic mass is 19.3. The highest BCUT2D eigenvalue weighted by molar-refractivity contribution is 5.66. The van der Waals surface area contributed by atoms with Crippen molar-refractivity contribution < 1.29 is 18.6 Å². The van der Waals surface area contributed by atoms with E-state index < -0.39 is 23.6 Å². The summed E-state index contributed by atoms with van der Waals surface area (Å²) < 4.78 is 36.6. The lowest BCUT2D eigenvalue weighted by Crippen LogP contribution is -2.64. The van der Waals surface area contributed by atoms with Gasteiger partial charge < -0.3 is 24.6 Å². The molecular formula is C22H25F2N7O2. The predicted octanol–water partition coefficient (Wildman–Crippen LogP) is 2.41. The lowest BCUT2D eigenvalue weighted by molar-refractivity contribution is -0.0608. The number of methoxy groups -OCH3 is 1. The Morgan fingerprint density at radius 2 is 2.09 bits per heavy atom. The molecular weight excluding hydrogens is 432 g/mol. The van der Waals surface area contributed by atoms with Gasteiger partial charge in [0, 0.05) is 45.1 Å². The number of phenols is 1. The lowest BCUT2D eigenvalue weighted by Gasteiger charge is -2.45. The first-order valence-corrected chi connectivity index (χ1v) is 10.6. The highest BCUT2D eigenvalue weighted by Gasteiger charge is 2.64. The van der Waals surface area contributed by atoms with E-state index in [4.69, 9.17) is 4.74 Å². The first kappa shape index (κ1) is 21.7. The number of nitrogens with zero attached hydrogens (tertiary/aromatic N) is 6. The molecule has 2 aliphatic rings. The largest absolute Gasteiger partial charge is 0.507 e. The normalized spacial score (nSPS) is 28.1. The topological polar surface area (TPSA) is 101 Å². The van der Waals surface area contributed by atoms with Crippen LogP contribution in [0, 0.1) is 0 Å². The van der Waals surface area contributed by atoms with E-state index in [1.807, 2.05) is 6.07 Å². The number of halogens is 2. The summed E-state index contributed by atoms with van der Waals surface area (Å²) in [6.07, 6.45) is 6.08. The second-order valence-corrected chi connectivity index (χ2v) is 8.89. The molecule has 2 saturated heterocycles. The number of ether oxygens (including phenoxy) is 1. The van der Waals surface area contributed by atoms with Gasteiger partial charge in [-0.15, -0.1) is 10.2 Å². The molecule has 33 heavy (non-hydrogen) atoms. The van der Waals surface area contributed by atoms with Gasteiger partial charge in [0.25, 0.3) is 5.92 Å². The van der Waals surface area contributed by atoms with Gasteiger partial charge in [-0.3, -0.25) is 0 Å². The molecule has 0 aliphatic carbocycles. The van der Waals surface area contributed by atoms with E-state index in [-0.39, 0.29) is 30.5 Å². The van der Waals surface area contributed by atoms with E-state index in [0.717, 1.165) is 5.69 Å². The van der Waals surface area contributed by atoms with E-state index in [1.165, 1.54) is 13.3 Å². The summed E-state index contributed by atoms with van der Waals surface area (Å²) >= 11 is 0. The van der Waals surface area contributed by atoms with Crippen LogP contribution in [0.2, 0.25) is 0 Å². The van der Waals surface area contributed by atoms with Crippen LogP contribution in [0.3, 0.4) is 0 Å². The molecule has 2 aliphatic heterocycles. The first-order chi connectivity index (χ1) is 15.7. The molecule has 1 aromatic carbocycles. The lowest BCUT2D eigenvalue weighted by atomic mass is 9.85. The Bertz CT molecular complexity index is 1140. The van der Waals surface area contributed by atoms with Gasteiger partial charge >= 0.3 is 0 Å². The number of alkyl halides is 2. The van der Waals surface area contributed by atoms with Crippen LogP contribution in [-0.4, -0.2) is 73.6 Å². The molecule has 2 fully saturated rings. The van der Waals surface area contributed by atoms with Crippen molar-refractivity contribution in [1.29, 1.82) is 0 Å². The van der Waals surface area contributed by atoms with Crippen molar-refractivity contribution in [2.45, 2.75) is 49.4 Å². The van der Waals surface area contributed by atoms with Crippen LogP contribution in [0.5, 0.6) is 5.75 Å². The molecule has 174 valence electrons. The Hall–Kier alpha value is -3.18. The number of imidazole rings is 1. The van der Waals surface area contributed by atoms with Crippen molar-refractivity contribution in [3.8, 4) is 22.8 Å². The third kappa shape index (κ3) is 3.51. The molecule has 2 aromatic heterocycles. The molecule has 9 nitrogen and oxygen atoms in total. The molecule has 4 heterocycles. The maximum absolute atomic E-state index is 14.6. The molecule has 3 aromatic rings. The average Bonchev–Trinajstić information content (AvgIpc) is 3.38. The molecule has 2 N–H and O–H groups in total. The van der Waals surface area contributed by atoms with Crippen molar-refractivity contribution in [1.82, 2.24) is 30.0 Å². The van der Waals surface area contributed by atoms with Crippen molar-refractivity contribution in [2.75, 3.05) is 19.1 Å². The number of anilines is 1.